The number of methoxy groups -OCH3 is 1. The lowest BCUT2D eigenvalue weighted by Gasteiger charge is -1.98. The lowest BCUT2D eigenvalue weighted by Crippen LogP contribution is -1.73. The van der Waals surface area contributed by atoms with Gasteiger partial charge in [-0.25, -0.2) is 0 Å². The number of rotatable bonds is 1. The zero-order valence-electron chi connectivity index (χ0n) is 19.6. The Kier molecular flexibility index (Phi) is 29.1. The summed E-state index contributed by atoms with van der Waals surface area (Å²) in [6, 6.07) is 31.0. The monoisotopic (exact) mass is 382 g/mol. The van der Waals surface area contributed by atoms with Crippen molar-refractivity contribution in [2.75, 3.05) is 14.2 Å². The van der Waals surface area contributed by atoms with Crippen LogP contribution in [0.25, 0.3) is 11.1 Å². The third-order valence-electron chi connectivity index (χ3n) is 2.82. The normalized spacial score (nSPS) is 7.61. The van der Waals surface area contributed by atoms with Crippen LogP contribution in [0, 0.1) is 6.92 Å². The van der Waals surface area contributed by atoms with Crippen LogP contribution in [0.15, 0.2) is 91.0 Å². The molecule has 0 saturated heterocycles. The maximum atomic E-state index is 4.25. The van der Waals surface area contributed by atoms with E-state index in [0.717, 1.165) is 0 Å². The predicted octanol–water partition coefficient (Wildman–Crippen LogP) is 8.69. The van der Waals surface area contributed by atoms with Gasteiger partial charge in [-0.15, -0.1) is 0 Å². The maximum Gasteiger partial charge on any atom is 0.0351 e. The Morgan fingerprint density at radius 2 is 0.643 bits per heavy atom. The number of hydrogen-bond donors (Lipinski definition) is 0. The van der Waals surface area contributed by atoms with E-state index in [-0.39, 0.29) is 0 Å². The first-order valence-corrected chi connectivity index (χ1v) is 10.3. The minimum atomic E-state index is 1.28. The molecule has 0 saturated carbocycles. The summed E-state index contributed by atoms with van der Waals surface area (Å²) in [5, 5.41) is 0. The molecule has 28 heavy (non-hydrogen) atoms. The minimum Gasteiger partial charge on any atom is -0.388 e. The molecule has 0 spiro atoms. The highest BCUT2D eigenvalue weighted by atomic mass is 16.4. The molecular formula is C27H42O. The Labute approximate surface area is 175 Å². The summed E-state index contributed by atoms with van der Waals surface area (Å²) < 4.78 is 4.25. The summed E-state index contributed by atoms with van der Waals surface area (Å²) in [7, 11) is 3.25. The van der Waals surface area contributed by atoms with Gasteiger partial charge in [0.2, 0.25) is 0 Å². The molecule has 0 fully saturated rings. The summed E-state index contributed by atoms with van der Waals surface area (Å²) in [5.74, 6) is 0. The lowest BCUT2D eigenvalue weighted by molar-refractivity contribution is 0.277. The van der Waals surface area contributed by atoms with Crippen molar-refractivity contribution in [2.24, 2.45) is 0 Å². The van der Waals surface area contributed by atoms with Crippen LogP contribution < -0.4 is 0 Å². The highest BCUT2D eigenvalue weighted by Crippen LogP contribution is 2.17. The van der Waals surface area contributed by atoms with Crippen LogP contribution in [-0.4, -0.2) is 14.2 Å². The van der Waals surface area contributed by atoms with Crippen LogP contribution in [0.1, 0.15) is 47.1 Å². The molecule has 0 heterocycles. The fourth-order valence-electron chi connectivity index (χ4n) is 1.80. The van der Waals surface area contributed by atoms with Gasteiger partial charge in [0, 0.05) is 14.2 Å². The summed E-state index contributed by atoms with van der Waals surface area (Å²) in [6.45, 7) is 14.1. The topological polar surface area (TPSA) is 9.23 Å². The first-order valence-electron chi connectivity index (χ1n) is 10.3. The van der Waals surface area contributed by atoms with Gasteiger partial charge in [0.1, 0.15) is 0 Å². The number of ether oxygens (including phenoxy) is 1. The zero-order valence-corrected chi connectivity index (χ0v) is 19.6. The third-order valence-corrected chi connectivity index (χ3v) is 2.82. The molecule has 3 aromatic rings. The van der Waals surface area contributed by atoms with Crippen LogP contribution in [-0.2, 0) is 4.74 Å². The summed E-state index contributed by atoms with van der Waals surface area (Å²) >= 11 is 0. The zero-order chi connectivity index (χ0) is 22.0. The quantitative estimate of drug-likeness (QED) is 0.409. The SMILES string of the molecule is CC.CC.CC.COC.Cc1ccccc1.c1ccc(-c2ccccc2)cc1. The van der Waals surface area contributed by atoms with Crippen LogP contribution in [0.3, 0.4) is 0 Å². The molecule has 3 aromatic carbocycles. The molecule has 0 aromatic heterocycles. The van der Waals surface area contributed by atoms with Gasteiger partial charge in [-0.3, -0.25) is 0 Å². The average molecular weight is 383 g/mol. The van der Waals surface area contributed by atoms with Gasteiger partial charge in [-0.1, -0.05) is 138 Å². The van der Waals surface area contributed by atoms with Gasteiger partial charge in [-0.2, -0.15) is 0 Å². The summed E-state index contributed by atoms with van der Waals surface area (Å²) in [5.41, 5.74) is 3.87. The van der Waals surface area contributed by atoms with Crippen molar-refractivity contribution < 1.29 is 4.74 Å². The van der Waals surface area contributed by atoms with Gasteiger partial charge in [0.15, 0.2) is 0 Å². The third kappa shape index (κ3) is 18.4. The maximum absolute atomic E-state index is 4.25. The van der Waals surface area contributed by atoms with Crippen LogP contribution in [0.2, 0.25) is 0 Å². The van der Waals surface area contributed by atoms with Crippen LogP contribution >= 0.6 is 0 Å². The number of hydrogen-bond acceptors (Lipinski definition) is 1. The summed E-state index contributed by atoms with van der Waals surface area (Å²) in [4.78, 5) is 0. The van der Waals surface area contributed by atoms with E-state index in [9.17, 15) is 0 Å². The van der Waals surface area contributed by atoms with Crippen LogP contribution in [0.4, 0.5) is 0 Å². The van der Waals surface area contributed by atoms with Crippen molar-refractivity contribution >= 4 is 0 Å². The smallest absolute Gasteiger partial charge is 0.0351 e. The van der Waals surface area contributed by atoms with Crippen molar-refractivity contribution in [2.45, 2.75) is 48.5 Å². The van der Waals surface area contributed by atoms with Crippen molar-refractivity contribution in [3.05, 3.63) is 96.6 Å². The Balaban J connectivity index is -0.000000335. The highest BCUT2D eigenvalue weighted by molar-refractivity contribution is 5.62. The fourth-order valence-corrected chi connectivity index (χ4v) is 1.80. The fraction of sp³-hybridized carbons (Fsp3) is 0.333. The Bertz CT molecular complexity index is 551. The second kappa shape index (κ2) is 26.8. The van der Waals surface area contributed by atoms with Gasteiger partial charge < -0.3 is 4.74 Å². The largest absolute Gasteiger partial charge is 0.388 e. The molecule has 3 rings (SSSR count). The molecule has 0 atom stereocenters. The van der Waals surface area contributed by atoms with Crippen molar-refractivity contribution in [3.63, 3.8) is 0 Å². The van der Waals surface area contributed by atoms with Crippen molar-refractivity contribution in [3.8, 4) is 11.1 Å². The Morgan fingerprint density at radius 1 is 0.429 bits per heavy atom. The van der Waals surface area contributed by atoms with E-state index in [1.807, 2.05) is 71.9 Å². The number of aryl methyl sites for hydroxylation is 1. The Morgan fingerprint density at radius 3 is 0.821 bits per heavy atom. The first-order chi connectivity index (χ1) is 13.8. The van der Waals surface area contributed by atoms with Crippen molar-refractivity contribution in [1.82, 2.24) is 0 Å². The van der Waals surface area contributed by atoms with Crippen molar-refractivity contribution in [1.29, 1.82) is 0 Å². The van der Waals surface area contributed by atoms with Gasteiger partial charge in [0.25, 0.3) is 0 Å². The van der Waals surface area contributed by atoms with Gasteiger partial charge in [0.05, 0.1) is 0 Å². The molecule has 0 aliphatic rings. The molecule has 0 aliphatic heterocycles. The molecule has 0 aliphatic carbocycles. The molecule has 1 heteroatoms. The van der Waals surface area contributed by atoms with E-state index in [1.165, 1.54) is 16.7 Å². The minimum absolute atomic E-state index is 1.28. The molecule has 156 valence electrons. The highest BCUT2D eigenvalue weighted by Gasteiger charge is 1.91. The standard InChI is InChI=1S/C12H10.C7H8.C2H6O.3C2H6/c1-3-7-11(8-4-1)12-9-5-2-6-10-12;1-7-5-3-2-4-6-7;1-3-2;3*1-2/h1-10H;2-6H,1H3;1-2H3;3*1-2H3. The van der Waals surface area contributed by atoms with E-state index in [0.29, 0.717) is 0 Å². The van der Waals surface area contributed by atoms with Crippen LogP contribution in [0.5, 0.6) is 0 Å². The van der Waals surface area contributed by atoms with E-state index in [1.54, 1.807) is 14.2 Å². The van der Waals surface area contributed by atoms with E-state index >= 15 is 0 Å². The molecule has 0 N–H and O–H groups in total. The molecular weight excluding hydrogens is 340 g/mol. The molecule has 0 bridgehead atoms. The Hall–Kier alpha value is -2.38. The van der Waals surface area contributed by atoms with Gasteiger partial charge >= 0.3 is 0 Å². The second-order valence-electron chi connectivity index (χ2n) is 4.79. The van der Waals surface area contributed by atoms with E-state index in [4.69, 9.17) is 0 Å². The van der Waals surface area contributed by atoms with E-state index < -0.39 is 0 Å². The first kappa shape index (κ1) is 30.4. The predicted molar refractivity (Wildman–Crippen MR) is 130 cm³/mol. The molecule has 0 amide bonds. The summed E-state index contributed by atoms with van der Waals surface area (Å²) in [6.07, 6.45) is 0. The van der Waals surface area contributed by atoms with Gasteiger partial charge in [-0.05, 0) is 18.1 Å². The number of benzene rings is 3. The molecule has 1 nitrogen and oxygen atoms in total. The molecule has 0 unspecified atom stereocenters. The second-order valence-corrected chi connectivity index (χ2v) is 4.79. The lowest BCUT2D eigenvalue weighted by atomic mass is 10.1. The van der Waals surface area contributed by atoms with E-state index in [2.05, 4.69) is 72.3 Å². The molecule has 0 radical (unpaired) electrons. The average Bonchev–Trinajstić information content (AvgIpc) is 2.81.